The Kier molecular flexibility index (Phi) is 5.18. The summed E-state index contributed by atoms with van der Waals surface area (Å²) in [5, 5.41) is 12.6. The van der Waals surface area contributed by atoms with Crippen LogP contribution in [0, 0.1) is 40.9 Å². The van der Waals surface area contributed by atoms with E-state index in [0.717, 1.165) is 31.1 Å². The van der Waals surface area contributed by atoms with Gasteiger partial charge in [0.15, 0.2) is 0 Å². The number of rotatable bonds is 4. The number of aliphatic hydroxyl groups is 1. The van der Waals surface area contributed by atoms with Gasteiger partial charge in [0.1, 0.15) is 12.5 Å². The first-order chi connectivity index (χ1) is 13.9. The molecule has 29 heavy (non-hydrogen) atoms. The molecule has 4 heteroatoms. The summed E-state index contributed by atoms with van der Waals surface area (Å²) >= 11 is 1.70. The maximum absolute atomic E-state index is 13.4. The van der Waals surface area contributed by atoms with E-state index in [0.29, 0.717) is 42.8 Å². The molecule has 0 unspecified atom stereocenters. The molecule has 4 aliphatic rings. The molecular formula is C25H35FO2S. The van der Waals surface area contributed by atoms with E-state index in [-0.39, 0.29) is 11.3 Å². The highest BCUT2D eigenvalue weighted by Gasteiger charge is 2.58. The Morgan fingerprint density at radius 2 is 1.97 bits per heavy atom. The molecular weight excluding hydrogens is 383 g/mol. The van der Waals surface area contributed by atoms with Crippen LogP contribution in [-0.4, -0.2) is 23.2 Å². The first kappa shape index (κ1) is 20.2. The fraction of sp³-hybridized carbons (Fsp3) is 0.800. The van der Waals surface area contributed by atoms with Gasteiger partial charge in [-0.3, -0.25) is 4.79 Å². The van der Waals surface area contributed by atoms with Gasteiger partial charge in [-0.1, -0.05) is 13.0 Å². The van der Waals surface area contributed by atoms with E-state index in [9.17, 15) is 14.3 Å². The zero-order valence-corrected chi connectivity index (χ0v) is 18.4. The van der Waals surface area contributed by atoms with E-state index < -0.39 is 12.3 Å². The molecule has 0 aromatic carbocycles. The highest BCUT2D eigenvalue weighted by molar-refractivity contribution is 7.10. The summed E-state index contributed by atoms with van der Waals surface area (Å²) in [7, 11) is 0. The number of Topliss-reactive ketones (excluding diaryl/α,β-unsaturated/α-hetero) is 1. The number of hydrogen-bond donors (Lipinski definition) is 1. The van der Waals surface area contributed by atoms with Gasteiger partial charge in [0.25, 0.3) is 0 Å². The van der Waals surface area contributed by atoms with Gasteiger partial charge in [-0.25, -0.2) is 4.39 Å². The molecule has 0 amide bonds. The van der Waals surface area contributed by atoms with Crippen LogP contribution in [0.1, 0.15) is 69.6 Å². The summed E-state index contributed by atoms with van der Waals surface area (Å²) in [6.45, 7) is 1.84. The summed E-state index contributed by atoms with van der Waals surface area (Å²) in [6.07, 6.45) is 9.98. The number of carbonyl (C=O) groups is 1. The van der Waals surface area contributed by atoms with Crippen LogP contribution in [0.4, 0.5) is 4.39 Å². The summed E-state index contributed by atoms with van der Waals surface area (Å²) in [4.78, 5) is 14.4. The molecule has 1 heterocycles. The number of ketones is 1. The van der Waals surface area contributed by atoms with Crippen molar-refractivity contribution >= 4 is 17.1 Å². The maximum atomic E-state index is 13.4. The second kappa shape index (κ2) is 7.44. The van der Waals surface area contributed by atoms with Gasteiger partial charge in [0.2, 0.25) is 0 Å². The molecule has 4 saturated carbocycles. The zero-order chi connectivity index (χ0) is 20.2. The third kappa shape index (κ3) is 3.33. The lowest BCUT2D eigenvalue weighted by molar-refractivity contribution is -0.132. The van der Waals surface area contributed by atoms with E-state index in [2.05, 4.69) is 18.4 Å². The van der Waals surface area contributed by atoms with Crippen LogP contribution in [0.5, 0.6) is 0 Å². The van der Waals surface area contributed by atoms with E-state index >= 15 is 0 Å². The average molecular weight is 419 g/mol. The minimum atomic E-state index is -1.05. The van der Waals surface area contributed by atoms with Gasteiger partial charge in [-0.05, 0) is 104 Å². The number of halogens is 1. The summed E-state index contributed by atoms with van der Waals surface area (Å²) in [6, 6.07) is 4.14. The van der Waals surface area contributed by atoms with Gasteiger partial charge in [-0.15, -0.1) is 11.3 Å². The number of alkyl halides is 1. The van der Waals surface area contributed by atoms with Gasteiger partial charge < -0.3 is 5.11 Å². The molecule has 0 aliphatic heterocycles. The largest absolute Gasteiger partial charge is 0.387 e. The van der Waals surface area contributed by atoms with Gasteiger partial charge >= 0.3 is 0 Å². The number of hydrogen-bond acceptors (Lipinski definition) is 3. The Labute approximate surface area is 178 Å². The van der Waals surface area contributed by atoms with E-state index in [1.54, 1.807) is 11.3 Å². The summed E-state index contributed by atoms with van der Waals surface area (Å²) in [5.74, 6) is 4.04. The van der Waals surface area contributed by atoms with Crippen molar-refractivity contribution in [3.05, 3.63) is 22.4 Å². The first-order valence-electron chi connectivity index (χ1n) is 11.8. The lowest BCUT2D eigenvalue weighted by Gasteiger charge is -2.57. The molecule has 0 spiro atoms. The van der Waals surface area contributed by atoms with E-state index in [1.165, 1.54) is 30.6 Å². The third-order valence-electron chi connectivity index (χ3n) is 9.67. The van der Waals surface area contributed by atoms with Crippen LogP contribution >= 0.6 is 11.3 Å². The van der Waals surface area contributed by atoms with E-state index in [4.69, 9.17) is 0 Å². The molecule has 0 bridgehead atoms. The van der Waals surface area contributed by atoms with Crippen molar-refractivity contribution in [2.45, 2.75) is 76.7 Å². The van der Waals surface area contributed by atoms with Crippen LogP contribution < -0.4 is 0 Å². The monoisotopic (exact) mass is 418 g/mol. The van der Waals surface area contributed by atoms with Crippen molar-refractivity contribution in [2.24, 2.45) is 40.9 Å². The Bertz CT molecular complexity index is 748. The highest BCUT2D eigenvalue weighted by atomic mass is 32.1. The van der Waals surface area contributed by atoms with Gasteiger partial charge in [-0.2, -0.15) is 0 Å². The molecule has 160 valence electrons. The smallest absolute Gasteiger partial charge is 0.141 e. The van der Waals surface area contributed by atoms with Gasteiger partial charge in [0.05, 0.1) is 5.60 Å². The van der Waals surface area contributed by atoms with Crippen LogP contribution in [0.25, 0.3) is 0 Å². The van der Waals surface area contributed by atoms with Crippen LogP contribution in [-0.2, 0) is 11.2 Å². The van der Waals surface area contributed by atoms with Crippen molar-refractivity contribution in [1.82, 2.24) is 0 Å². The Balaban J connectivity index is 1.31. The van der Waals surface area contributed by atoms with Crippen LogP contribution in [0.3, 0.4) is 0 Å². The lowest BCUT2D eigenvalue weighted by Crippen LogP contribution is -2.52. The predicted molar refractivity (Wildman–Crippen MR) is 115 cm³/mol. The summed E-state index contributed by atoms with van der Waals surface area (Å²) < 4.78 is 13.4. The first-order valence-corrected chi connectivity index (χ1v) is 12.6. The van der Waals surface area contributed by atoms with Crippen LogP contribution in [0.2, 0.25) is 0 Å². The second-order valence-electron chi connectivity index (χ2n) is 10.9. The average Bonchev–Trinajstić information content (AvgIpc) is 3.34. The molecule has 0 radical (unpaired) electrons. The van der Waals surface area contributed by atoms with Crippen LogP contribution in [0.15, 0.2) is 17.5 Å². The molecule has 1 N–H and O–H groups in total. The normalized spacial score (nSPS) is 46.6. The maximum Gasteiger partial charge on any atom is 0.141 e. The molecule has 5 rings (SSSR count). The third-order valence-corrected chi connectivity index (χ3v) is 10.5. The SMILES string of the molecule is C[C@]12CC[C@H]3[C@@H](CC[C@H]4C[C@@](O)(CF)CC[C@@H]43)[C@@H]1CC[C@@H]2C(=O)Cc1cccs1. The van der Waals surface area contributed by atoms with E-state index in [1.807, 2.05) is 6.07 Å². The fourth-order valence-electron chi connectivity index (χ4n) is 8.32. The topological polar surface area (TPSA) is 37.3 Å². The molecule has 4 fully saturated rings. The minimum Gasteiger partial charge on any atom is -0.387 e. The predicted octanol–water partition coefficient (Wildman–Crippen LogP) is 5.83. The molecule has 1 aromatic rings. The molecule has 8 atom stereocenters. The van der Waals surface area contributed by atoms with Crippen molar-refractivity contribution in [1.29, 1.82) is 0 Å². The Hall–Kier alpha value is -0.740. The number of fused-ring (bicyclic) bond motifs is 5. The molecule has 2 nitrogen and oxygen atoms in total. The second-order valence-corrected chi connectivity index (χ2v) is 12.0. The number of carbonyl (C=O) groups excluding carboxylic acids is 1. The molecule has 1 aromatic heterocycles. The fourth-order valence-corrected chi connectivity index (χ4v) is 9.04. The summed E-state index contributed by atoms with van der Waals surface area (Å²) in [5.41, 5.74) is -0.874. The number of thiophene rings is 1. The van der Waals surface area contributed by atoms with Crippen molar-refractivity contribution in [3.63, 3.8) is 0 Å². The molecule has 4 aliphatic carbocycles. The molecule has 0 saturated heterocycles. The Morgan fingerprint density at radius 1 is 1.14 bits per heavy atom. The Morgan fingerprint density at radius 3 is 2.72 bits per heavy atom. The zero-order valence-electron chi connectivity index (χ0n) is 17.6. The highest BCUT2D eigenvalue weighted by Crippen LogP contribution is 2.64. The van der Waals surface area contributed by atoms with Crippen molar-refractivity contribution in [3.8, 4) is 0 Å². The van der Waals surface area contributed by atoms with Crippen molar-refractivity contribution < 1.29 is 14.3 Å². The minimum absolute atomic E-state index is 0.177. The van der Waals surface area contributed by atoms with Gasteiger partial charge in [0, 0.05) is 17.2 Å². The lowest BCUT2D eigenvalue weighted by atomic mass is 9.49. The van der Waals surface area contributed by atoms with Crippen molar-refractivity contribution in [2.75, 3.05) is 6.67 Å². The standard InChI is InChI=1S/C25H35FO2S/c1-24-10-8-19-18-9-11-25(28,15-26)14-16(18)4-5-20(19)21(24)6-7-22(24)23(27)13-17-3-2-12-29-17/h2-3,12,16,18-22,28H,4-11,13-15H2,1H3/t16-,18-,19+,20+,21-,22+,24-,25+/m0/s1. The quantitative estimate of drug-likeness (QED) is 0.668.